The number of carbonyl (C=O) groups excluding carboxylic acids is 1. The molecule has 0 radical (unpaired) electrons. The van der Waals surface area contributed by atoms with Gasteiger partial charge < -0.3 is 20.3 Å². The summed E-state index contributed by atoms with van der Waals surface area (Å²) in [7, 11) is 1.60. The van der Waals surface area contributed by atoms with Crippen molar-refractivity contribution in [2.24, 2.45) is 0 Å². The number of rotatable bonds is 3. The van der Waals surface area contributed by atoms with E-state index in [0.29, 0.717) is 24.8 Å². The van der Waals surface area contributed by atoms with Crippen LogP contribution in [0.5, 0.6) is 0 Å². The maximum atomic E-state index is 11.4. The summed E-state index contributed by atoms with van der Waals surface area (Å²) in [6.07, 6.45) is 0.920. The average Bonchev–Trinajstić information content (AvgIpc) is 2.64. The van der Waals surface area contributed by atoms with Gasteiger partial charge >= 0.3 is 0 Å². The van der Waals surface area contributed by atoms with E-state index in [4.69, 9.17) is 10.5 Å². The van der Waals surface area contributed by atoms with E-state index < -0.39 is 0 Å². The van der Waals surface area contributed by atoms with Crippen LogP contribution in [0.2, 0.25) is 0 Å². The van der Waals surface area contributed by atoms with Crippen molar-refractivity contribution in [2.75, 3.05) is 43.9 Å². The molecule has 1 fully saturated rings. The van der Waals surface area contributed by atoms with Gasteiger partial charge in [0.2, 0.25) is 5.91 Å². The number of nitrogens with zero attached hydrogens (tertiary/aromatic N) is 4. The number of ether oxygens (including phenoxy) is 1. The summed E-state index contributed by atoms with van der Waals surface area (Å²) in [4.78, 5) is 24.0. The Labute approximate surface area is 118 Å². The summed E-state index contributed by atoms with van der Waals surface area (Å²) in [5, 5.41) is 0. The van der Waals surface area contributed by atoms with Gasteiger partial charge in [-0.3, -0.25) is 4.79 Å². The molecule has 1 aliphatic heterocycles. The number of hydrogen-bond donors (Lipinski definition) is 1. The molecule has 0 unspecified atom stereocenters. The third-order valence-corrected chi connectivity index (χ3v) is 3.32. The molecule has 110 valence electrons. The summed E-state index contributed by atoms with van der Waals surface area (Å²) in [5.74, 6) is 1.94. The van der Waals surface area contributed by atoms with Crippen molar-refractivity contribution in [3.8, 4) is 0 Å². The number of hydrogen-bond acceptors (Lipinski definition) is 6. The number of nitrogens with two attached hydrogens (primary N) is 1. The van der Waals surface area contributed by atoms with Crippen LogP contribution < -0.4 is 10.6 Å². The zero-order chi connectivity index (χ0) is 14.5. The fourth-order valence-electron chi connectivity index (χ4n) is 2.32. The van der Waals surface area contributed by atoms with Crippen LogP contribution in [-0.4, -0.2) is 54.1 Å². The first-order valence-corrected chi connectivity index (χ1v) is 6.73. The summed E-state index contributed by atoms with van der Waals surface area (Å²) in [5.41, 5.74) is 5.81. The van der Waals surface area contributed by atoms with Crippen molar-refractivity contribution in [1.82, 2.24) is 14.9 Å². The van der Waals surface area contributed by atoms with Gasteiger partial charge in [-0.15, -0.1) is 0 Å². The molecular formula is C13H21N5O2. The van der Waals surface area contributed by atoms with Crippen molar-refractivity contribution in [3.05, 3.63) is 11.9 Å². The molecule has 1 aromatic rings. The van der Waals surface area contributed by atoms with Crippen molar-refractivity contribution in [3.63, 3.8) is 0 Å². The summed E-state index contributed by atoms with van der Waals surface area (Å²) < 4.78 is 5.05. The van der Waals surface area contributed by atoms with Gasteiger partial charge in [-0.2, -0.15) is 0 Å². The van der Waals surface area contributed by atoms with Gasteiger partial charge in [0, 0.05) is 46.3 Å². The van der Waals surface area contributed by atoms with Crippen molar-refractivity contribution in [1.29, 1.82) is 0 Å². The molecule has 7 heteroatoms. The van der Waals surface area contributed by atoms with Crippen LogP contribution in [0.4, 0.5) is 11.6 Å². The maximum absolute atomic E-state index is 11.4. The first-order chi connectivity index (χ1) is 9.60. The fraction of sp³-hybridized carbons (Fsp3) is 0.615. The number of carbonyl (C=O) groups is 1. The van der Waals surface area contributed by atoms with E-state index in [-0.39, 0.29) is 5.91 Å². The second-order valence-electron chi connectivity index (χ2n) is 4.85. The molecule has 20 heavy (non-hydrogen) atoms. The van der Waals surface area contributed by atoms with Crippen LogP contribution in [0, 0.1) is 0 Å². The molecule has 0 atom stereocenters. The summed E-state index contributed by atoms with van der Waals surface area (Å²) in [6.45, 7) is 5.05. The van der Waals surface area contributed by atoms with Crippen LogP contribution in [-0.2, 0) is 16.1 Å². The Morgan fingerprint density at radius 1 is 1.35 bits per heavy atom. The molecule has 2 rings (SSSR count). The molecule has 2 heterocycles. The zero-order valence-corrected chi connectivity index (χ0v) is 12.0. The minimum Gasteiger partial charge on any atom is -0.384 e. The Balaban J connectivity index is 2.12. The molecule has 0 aromatic carbocycles. The lowest BCUT2D eigenvalue weighted by Gasteiger charge is -2.22. The SMILES string of the molecule is COCc1nc(N)cc(N2CCCN(C(C)=O)CC2)n1. The standard InChI is InChI=1S/C13H21N5O2/c1-10(19)17-4-3-5-18(7-6-17)13-8-11(14)15-12(16-13)9-20-2/h8H,3-7,9H2,1-2H3,(H2,14,15,16). The third-order valence-electron chi connectivity index (χ3n) is 3.32. The normalized spacial score (nSPS) is 16.1. The first-order valence-electron chi connectivity index (χ1n) is 6.73. The maximum Gasteiger partial charge on any atom is 0.219 e. The average molecular weight is 279 g/mol. The van der Waals surface area contributed by atoms with E-state index in [0.717, 1.165) is 31.9 Å². The van der Waals surface area contributed by atoms with Crippen LogP contribution in [0.3, 0.4) is 0 Å². The van der Waals surface area contributed by atoms with Gasteiger partial charge in [-0.25, -0.2) is 9.97 Å². The van der Waals surface area contributed by atoms with Crippen LogP contribution >= 0.6 is 0 Å². The van der Waals surface area contributed by atoms with Gasteiger partial charge in [-0.05, 0) is 6.42 Å². The highest BCUT2D eigenvalue weighted by molar-refractivity contribution is 5.73. The highest BCUT2D eigenvalue weighted by Gasteiger charge is 2.18. The molecule has 1 saturated heterocycles. The quantitative estimate of drug-likeness (QED) is 0.854. The third kappa shape index (κ3) is 3.57. The Morgan fingerprint density at radius 3 is 2.85 bits per heavy atom. The van der Waals surface area contributed by atoms with Crippen molar-refractivity contribution in [2.45, 2.75) is 20.0 Å². The largest absolute Gasteiger partial charge is 0.384 e. The van der Waals surface area contributed by atoms with Crippen molar-refractivity contribution < 1.29 is 9.53 Å². The number of aromatic nitrogens is 2. The second kappa shape index (κ2) is 6.51. The highest BCUT2D eigenvalue weighted by atomic mass is 16.5. The van der Waals surface area contributed by atoms with Crippen LogP contribution in [0.25, 0.3) is 0 Å². The van der Waals surface area contributed by atoms with Crippen LogP contribution in [0.1, 0.15) is 19.2 Å². The number of methoxy groups -OCH3 is 1. The second-order valence-corrected chi connectivity index (χ2v) is 4.85. The Hall–Kier alpha value is -1.89. The molecular weight excluding hydrogens is 258 g/mol. The van der Waals surface area contributed by atoms with Gasteiger partial charge in [0.05, 0.1) is 0 Å². The monoisotopic (exact) mass is 279 g/mol. The molecule has 0 saturated carbocycles. The first kappa shape index (κ1) is 14.5. The number of nitrogen functional groups attached to an aromatic ring is 1. The van der Waals surface area contributed by atoms with Gasteiger partial charge in [0.25, 0.3) is 0 Å². The molecule has 1 amide bonds. The van der Waals surface area contributed by atoms with E-state index in [1.54, 1.807) is 20.1 Å². The summed E-state index contributed by atoms with van der Waals surface area (Å²) >= 11 is 0. The highest BCUT2D eigenvalue weighted by Crippen LogP contribution is 2.17. The Bertz CT molecular complexity index is 480. The molecule has 0 spiro atoms. The molecule has 1 aromatic heterocycles. The van der Waals surface area contributed by atoms with E-state index in [1.807, 2.05) is 4.90 Å². The lowest BCUT2D eigenvalue weighted by molar-refractivity contribution is -0.128. The lowest BCUT2D eigenvalue weighted by atomic mass is 10.3. The predicted octanol–water partition coefficient (Wildman–Crippen LogP) is 0.264. The van der Waals surface area contributed by atoms with Crippen LogP contribution in [0.15, 0.2) is 6.07 Å². The zero-order valence-electron chi connectivity index (χ0n) is 12.0. The molecule has 0 bridgehead atoms. The number of anilines is 2. The fourth-order valence-corrected chi connectivity index (χ4v) is 2.32. The van der Waals surface area contributed by atoms with Crippen molar-refractivity contribution >= 4 is 17.5 Å². The molecule has 2 N–H and O–H groups in total. The smallest absolute Gasteiger partial charge is 0.219 e. The van der Waals surface area contributed by atoms with E-state index in [2.05, 4.69) is 14.9 Å². The van der Waals surface area contributed by atoms with E-state index in [1.165, 1.54) is 0 Å². The van der Waals surface area contributed by atoms with E-state index >= 15 is 0 Å². The minimum absolute atomic E-state index is 0.120. The molecule has 7 nitrogen and oxygen atoms in total. The van der Waals surface area contributed by atoms with Gasteiger partial charge in [0.15, 0.2) is 5.82 Å². The minimum atomic E-state index is 0.120. The Morgan fingerprint density at radius 2 is 2.15 bits per heavy atom. The topological polar surface area (TPSA) is 84.6 Å². The van der Waals surface area contributed by atoms with E-state index in [9.17, 15) is 4.79 Å². The van der Waals surface area contributed by atoms with Gasteiger partial charge in [-0.1, -0.05) is 0 Å². The predicted molar refractivity (Wildman–Crippen MR) is 76.2 cm³/mol. The molecule has 0 aliphatic carbocycles. The van der Waals surface area contributed by atoms with Gasteiger partial charge in [0.1, 0.15) is 18.2 Å². The lowest BCUT2D eigenvalue weighted by Crippen LogP contribution is -2.34. The summed E-state index contributed by atoms with van der Waals surface area (Å²) in [6, 6.07) is 1.77. The Kier molecular flexibility index (Phi) is 4.73. The number of amides is 1. The molecule has 1 aliphatic rings.